The highest BCUT2D eigenvalue weighted by Gasteiger charge is 2.43. The molecule has 4 aromatic carbocycles. The van der Waals surface area contributed by atoms with Gasteiger partial charge in [-0.05, 0) is 66.9 Å². The van der Waals surface area contributed by atoms with Crippen LogP contribution in [-0.4, -0.2) is 46.6 Å². The van der Waals surface area contributed by atoms with Crippen LogP contribution in [0.2, 0.25) is 0 Å². The number of carbonyl (C=O) groups excluding carboxylic acids is 1. The van der Waals surface area contributed by atoms with E-state index >= 15 is 0 Å². The average molecular weight is 583 g/mol. The van der Waals surface area contributed by atoms with Crippen LogP contribution in [-0.2, 0) is 0 Å². The van der Waals surface area contributed by atoms with Gasteiger partial charge < -0.3 is 40.9 Å². The van der Waals surface area contributed by atoms with Crippen LogP contribution < -0.4 is 0 Å². The Morgan fingerprint density at radius 2 is 1.26 bits per heavy atom. The number of aromatic hydroxyl groups is 8. The van der Waals surface area contributed by atoms with Crippen LogP contribution in [0.15, 0.2) is 78.4 Å². The molecule has 220 valence electrons. The maximum atomic E-state index is 14.2. The lowest BCUT2D eigenvalue weighted by Crippen LogP contribution is -2.31. The summed E-state index contributed by atoms with van der Waals surface area (Å²) in [7, 11) is 0. The number of phenolic OH excluding ortho intramolecular Hbond substituents is 8. The molecule has 4 aromatic rings. The molecule has 0 radical (unpaired) electrons. The molecule has 0 saturated carbocycles. The Balaban J connectivity index is 1.62. The zero-order chi connectivity index (χ0) is 31.0. The molecule has 3 atom stereocenters. The minimum Gasteiger partial charge on any atom is -0.508 e. The summed E-state index contributed by atoms with van der Waals surface area (Å²) in [6.45, 7) is 1.82. The molecule has 0 aromatic heterocycles. The Kier molecular flexibility index (Phi) is 7.65. The maximum Gasteiger partial charge on any atom is 0.171 e. The first kappa shape index (κ1) is 28.9. The van der Waals surface area contributed by atoms with Crippen molar-refractivity contribution in [3.63, 3.8) is 0 Å². The zero-order valence-electron chi connectivity index (χ0n) is 23.0. The molecule has 9 nitrogen and oxygen atoms in total. The van der Waals surface area contributed by atoms with Crippen molar-refractivity contribution in [2.24, 2.45) is 5.92 Å². The first-order chi connectivity index (χ1) is 20.4. The van der Waals surface area contributed by atoms with E-state index in [0.29, 0.717) is 23.1 Å². The molecule has 0 aliphatic heterocycles. The molecule has 0 amide bonds. The van der Waals surface area contributed by atoms with E-state index in [2.05, 4.69) is 0 Å². The number of hydrogen-bond acceptors (Lipinski definition) is 9. The first-order valence-corrected chi connectivity index (χ1v) is 13.4. The van der Waals surface area contributed by atoms with Gasteiger partial charge in [-0.2, -0.15) is 0 Å². The van der Waals surface area contributed by atoms with Crippen molar-refractivity contribution in [3.8, 4) is 46.0 Å². The van der Waals surface area contributed by atoms with Crippen LogP contribution in [0.4, 0.5) is 0 Å². The van der Waals surface area contributed by atoms with Crippen molar-refractivity contribution in [1.82, 2.24) is 0 Å². The number of ketones is 1. The monoisotopic (exact) mass is 582 g/mol. The van der Waals surface area contributed by atoms with Gasteiger partial charge in [0, 0.05) is 47.1 Å². The molecule has 0 saturated heterocycles. The third kappa shape index (κ3) is 5.78. The van der Waals surface area contributed by atoms with Crippen LogP contribution in [0.1, 0.15) is 57.8 Å². The SMILES string of the molecule is CC1=C[C@@H](c2c(O)cc(C=Cc3ccc(O)cc3O)cc2O)[C@H](C(=O)c2ccc(O)cc2O)[C@@H](c2ccc(O)cc2O)C1. The maximum absolute atomic E-state index is 14.2. The summed E-state index contributed by atoms with van der Waals surface area (Å²) >= 11 is 0. The van der Waals surface area contributed by atoms with E-state index in [1.165, 1.54) is 66.7 Å². The summed E-state index contributed by atoms with van der Waals surface area (Å²) in [5.41, 5.74) is 1.92. The van der Waals surface area contributed by atoms with E-state index < -0.39 is 29.3 Å². The molecule has 8 N–H and O–H groups in total. The first-order valence-electron chi connectivity index (χ1n) is 13.4. The Bertz CT molecular complexity index is 1760. The van der Waals surface area contributed by atoms with Gasteiger partial charge >= 0.3 is 0 Å². The molecule has 9 heteroatoms. The van der Waals surface area contributed by atoms with Gasteiger partial charge in [0.1, 0.15) is 46.0 Å². The third-order valence-electron chi connectivity index (χ3n) is 7.75. The second-order valence-corrected chi connectivity index (χ2v) is 10.7. The number of rotatable bonds is 6. The summed E-state index contributed by atoms with van der Waals surface area (Å²) in [5, 5.41) is 83.1. The van der Waals surface area contributed by atoms with Crippen molar-refractivity contribution >= 4 is 17.9 Å². The van der Waals surface area contributed by atoms with E-state index in [1.54, 1.807) is 12.2 Å². The van der Waals surface area contributed by atoms with Gasteiger partial charge in [-0.15, -0.1) is 0 Å². The van der Waals surface area contributed by atoms with Gasteiger partial charge in [0.2, 0.25) is 0 Å². The van der Waals surface area contributed by atoms with E-state index in [-0.39, 0.29) is 51.4 Å². The summed E-state index contributed by atoms with van der Waals surface area (Å²) in [5.74, 6) is -5.17. The normalized spacial score (nSPS) is 18.4. The van der Waals surface area contributed by atoms with E-state index in [0.717, 1.165) is 11.6 Å². The largest absolute Gasteiger partial charge is 0.508 e. The molecule has 0 bridgehead atoms. The average Bonchev–Trinajstić information content (AvgIpc) is 2.91. The van der Waals surface area contributed by atoms with Gasteiger partial charge in [-0.25, -0.2) is 0 Å². The van der Waals surface area contributed by atoms with E-state index in [4.69, 9.17) is 0 Å². The van der Waals surface area contributed by atoms with Crippen molar-refractivity contribution in [2.45, 2.75) is 25.2 Å². The molecule has 5 rings (SSSR count). The summed E-state index contributed by atoms with van der Waals surface area (Å²) < 4.78 is 0. The summed E-state index contributed by atoms with van der Waals surface area (Å²) in [6, 6.07) is 14.5. The highest BCUT2D eigenvalue weighted by molar-refractivity contribution is 6.02. The number of hydrogen-bond donors (Lipinski definition) is 8. The topological polar surface area (TPSA) is 179 Å². The van der Waals surface area contributed by atoms with Gasteiger partial charge in [0.05, 0.1) is 5.56 Å². The van der Waals surface area contributed by atoms with E-state index in [9.17, 15) is 45.6 Å². The molecule has 0 spiro atoms. The predicted molar refractivity (Wildman–Crippen MR) is 160 cm³/mol. The molecular weight excluding hydrogens is 552 g/mol. The molecule has 43 heavy (non-hydrogen) atoms. The summed E-state index contributed by atoms with van der Waals surface area (Å²) in [6.07, 6.45) is 5.16. The highest BCUT2D eigenvalue weighted by Crippen LogP contribution is 2.52. The minimum atomic E-state index is -1.04. The number of allylic oxidation sites excluding steroid dienone is 2. The number of Topliss-reactive ketones (excluding diaryl/α,β-unsaturated/α-hetero) is 1. The number of benzene rings is 4. The smallest absolute Gasteiger partial charge is 0.171 e. The molecule has 1 aliphatic rings. The summed E-state index contributed by atoms with van der Waals surface area (Å²) in [4.78, 5) is 14.2. The van der Waals surface area contributed by atoms with Crippen LogP contribution in [0.25, 0.3) is 12.2 Å². The third-order valence-corrected chi connectivity index (χ3v) is 7.75. The van der Waals surface area contributed by atoms with Gasteiger partial charge in [0.15, 0.2) is 5.78 Å². The highest BCUT2D eigenvalue weighted by atomic mass is 16.3. The van der Waals surface area contributed by atoms with Crippen molar-refractivity contribution in [2.75, 3.05) is 0 Å². The Labute approximate surface area is 246 Å². The van der Waals surface area contributed by atoms with Crippen LogP contribution in [0.5, 0.6) is 46.0 Å². The van der Waals surface area contributed by atoms with Gasteiger partial charge in [-0.1, -0.05) is 29.9 Å². The molecular formula is C34H30O9. The lowest BCUT2D eigenvalue weighted by molar-refractivity contribution is 0.0876. The molecule has 0 fully saturated rings. The van der Waals surface area contributed by atoms with Gasteiger partial charge in [0.25, 0.3) is 0 Å². The fourth-order valence-corrected chi connectivity index (χ4v) is 5.81. The fourth-order valence-electron chi connectivity index (χ4n) is 5.81. The second kappa shape index (κ2) is 11.4. The van der Waals surface area contributed by atoms with E-state index in [1.807, 2.05) is 6.92 Å². The van der Waals surface area contributed by atoms with Crippen molar-refractivity contribution < 1.29 is 45.6 Å². The fraction of sp³-hybridized carbons (Fsp3) is 0.147. The van der Waals surface area contributed by atoms with Crippen molar-refractivity contribution in [3.05, 3.63) is 106 Å². The van der Waals surface area contributed by atoms with Gasteiger partial charge in [-0.3, -0.25) is 4.79 Å². The van der Waals surface area contributed by atoms with Crippen LogP contribution in [0.3, 0.4) is 0 Å². The number of carbonyl (C=O) groups is 1. The second-order valence-electron chi connectivity index (χ2n) is 10.7. The quantitative estimate of drug-likeness (QED) is 0.0744. The number of phenols is 8. The Morgan fingerprint density at radius 1 is 0.674 bits per heavy atom. The zero-order valence-corrected chi connectivity index (χ0v) is 23.0. The Hall–Kier alpha value is -5.57. The Morgan fingerprint density at radius 3 is 1.86 bits per heavy atom. The van der Waals surface area contributed by atoms with Crippen LogP contribution in [0, 0.1) is 5.92 Å². The predicted octanol–water partition coefficient (Wildman–Crippen LogP) is 6.22. The lowest BCUT2D eigenvalue weighted by Gasteiger charge is -2.37. The minimum absolute atomic E-state index is 0.0589. The molecule has 1 aliphatic carbocycles. The molecule has 0 unspecified atom stereocenters. The molecule has 0 heterocycles. The van der Waals surface area contributed by atoms with Crippen LogP contribution >= 0.6 is 0 Å². The lowest BCUT2D eigenvalue weighted by atomic mass is 9.65. The van der Waals surface area contributed by atoms with Crippen molar-refractivity contribution in [1.29, 1.82) is 0 Å². The standard InChI is InChI=1S/C34H30O9/c1-17-10-25(23-8-6-21(36)15-28(23)39)32(34(43)24-9-7-22(37)16-29(24)40)26(11-17)33-30(41)12-18(13-31(33)42)2-3-19-4-5-20(35)14-27(19)38/h2-9,11-16,25-26,32,35-42H,10H2,1H3/t25-,26-,32-/m1/s1.